The number of aryl methyl sites for hydroxylation is 1. The third-order valence-electron chi connectivity index (χ3n) is 8.67. The van der Waals surface area contributed by atoms with Gasteiger partial charge >= 0.3 is 6.03 Å². The summed E-state index contributed by atoms with van der Waals surface area (Å²) >= 11 is 6.31. The van der Waals surface area contributed by atoms with Crippen molar-refractivity contribution in [3.8, 4) is 0 Å². The second kappa shape index (κ2) is 19.5. The van der Waals surface area contributed by atoms with Crippen molar-refractivity contribution in [2.75, 3.05) is 25.0 Å². The van der Waals surface area contributed by atoms with Gasteiger partial charge in [0.15, 0.2) is 5.82 Å². The lowest BCUT2D eigenvalue weighted by Crippen LogP contribution is -2.56. The minimum atomic E-state index is -1.11. The van der Waals surface area contributed by atoms with E-state index in [-0.39, 0.29) is 55.6 Å². The van der Waals surface area contributed by atoms with Gasteiger partial charge in [0.1, 0.15) is 12.1 Å². The van der Waals surface area contributed by atoms with Crippen LogP contribution in [0.5, 0.6) is 0 Å². The SMILES string of the molecule is CC(C)(C)CNC(=O)CC[C@H](NC(=O)N1CCC(C(=O)Nc2cnccn2)CC1)C(=O)N[C@@H](CCc1ccccc1)C(=O)NCc1ccccc1Cl. The molecule has 1 aliphatic heterocycles. The van der Waals surface area contributed by atoms with Gasteiger partial charge in [0.2, 0.25) is 23.6 Å². The topological polar surface area (TPSA) is 175 Å². The normalized spacial score (nSPS) is 14.4. The molecule has 1 saturated heterocycles. The zero-order valence-electron chi connectivity index (χ0n) is 30.0. The number of aromatic nitrogens is 2. The Morgan fingerprint density at radius 2 is 1.56 bits per heavy atom. The molecule has 0 aliphatic carbocycles. The van der Waals surface area contributed by atoms with E-state index in [1.807, 2.05) is 63.2 Å². The summed E-state index contributed by atoms with van der Waals surface area (Å²) in [4.78, 5) is 76.2. The summed E-state index contributed by atoms with van der Waals surface area (Å²) in [7, 11) is 0. The third-order valence-corrected chi connectivity index (χ3v) is 9.03. The predicted molar refractivity (Wildman–Crippen MR) is 199 cm³/mol. The Balaban J connectivity index is 1.43. The van der Waals surface area contributed by atoms with Gasteiger partial charge in [-0.05, 0) is 54.7 Å². The number of benzene rings is 2. The molecule has 2 atom stereocenters. The van der Waals surface area contributed by atoms with E-state index in [1.165, 1.54) is 18.6 Å². The average molecular weight is 733 g/mol. The summed E-state index contributed by atoms with van der Waals surface area (Å²) in [6.45, 7) is 7.18. The smallest absolute Gasteiger partial charge is 0.318 e. The van der Waals surface area contributed by atoms with Gasteiger partial charge < -0.3 is 31.5 Å². The molecule has 0 unspecified atom stereocenters. The maximum atomic E-state index is 13.9. The Labute approximate surface area is 310 Å². The van der Waals surface area contributed by atoms with E-state index in [4.69, 9.17) is 11.6 Å². The number of hydrogen-bond donors (Lipinski definition) is 5. The van der Waals surface area contributed by atoms with E-state index < -0.39 is 29.9 Å². The zero-order valence-corrected chi connectivity index (χ0v) is 30.7. The fourth-order valence-corrected chi connectivity index (χ4v) is 5.82. The van der Waals surface area contributed by atoms with Crippen molar-refractivity contribution >= 4 is 47.1 Å². The molecule has 4 rings (SSSR count). The lowest BCUT2D eigenvalue weighted by Gasteiger charge is -2.32. The molecule has 5 N–H and O–H groups in total. The van der Waals surface area contributed by atoms with Gasteiger partial charge in [0, 0.05) is 55.9 Å². The minimum Gasteiger partial charge on any atom is -0.356 e. The van der Waals surface area contributed by atoms with Crippen LogP contribution in [0.15, 0.2) is 73.2 Å². The number of hydrogen-bond acceptors (Lipinski definition) is 7. The molecule has 52 heavy (non-hydrogen) atoms. The Kier molecular flexibility index (Phi) is 14.9. The molecule has 2 heterocycles. The lowest BCUT2D eigenvalue weighted by atomic mass is 9.96. The van der Waals surface area contributed by atoms with Gasteiger partial charge in [0.25, 0.3) is 0 Å². The highest BCUT2D eigenvalue weighted by Gasteiger charge is 2.32. The Hall–Kier alpha value is -5.04. The van der Waals surface area contributed by atoms with Crippen molar-refractivity contribution < 1.29 is 24.0 Å². The molecule has 0 saturated carbocycles. The molecule has 0 spiro atoms. The van der Waals surface area contributed by atoms with E-state index in [9.17, 15) is 24.0 Å². The van der Waals surface area contributed by atoms with E-state index in [0.717, 1.165) is 11.1 Å². The summed E-state index contributed by atoms with van der Waals surface area (Å²) in [6.07, 6.45) is 6.09. The van der Waals surface area contributed by atoms with E-state index >= 15 is 0 Å². The maximum Gasteiger partial charge on any atom is 0.318 e. The monoisotopic (exact) mass is 732 g/mol. The fraction of sp³-hybridized carbons (Fsp3) is 0.447. The molecular weight excluding hydrogens is 684 g/mol. The Morgan fingerprint density at radius 1 is 0.865 bits per heavy atom. The van der Waals surface area contributed by atoms with Crippen LogP contribution in [-0.4, -0.2) is 76.2 Å². The van der Waals surface area contributed by atoms with Crippen molar-refractivity contribution in [3.05, 3.63) is 89.3 Å². The predicted octanol–water partition coefficient (Wildman–Crippen LogP) is 4.24. The van der Waals surface area contributed by atoms with Gasteiger partial charge in [0.05, 0.1) is 6.20 Å². The Bertz CT molecular complexity index is 1650. The van der Waals surface area contributed by atoms with E-state index in [0.29, 0.717) is 43.1 Å². The number of amides is 6. The van der Waals surface area contributed by atoms with Crippen molar-refractivity contribution in [1.82, 2.24) is 36.1 Å². The van der Waals surface area contributed by atoms with Crippen LogP contribution in [-0.2, 0) is 32.1 Å². The van der Waals surface area contributed by atoms with Gasteiger partial charge in [-0.3, -0.25) is 24.2 Å². The zero-order chi connectivity index (χ0) is 37.5. The van der Waals surface area contributed by atoms with Crippen LogP contribution < -0.4 is 26.6 Å². The van der Waals surface area contributed by atoms with Crippen LogP contribution in [0, 0.1) is 11.3 Å². The summed E-state index contributed by atoms with van der Waals surface area (Å²) in [5, 5.41) is 14.7. The first-order valence-electron chi connectivity index (χ1n) is 17.6. The Morgan fingerprint density at radius 3 is 2.23 bits per heavy atom. The summed E-state index contributed by atoms with van der Waals surface area (Å²) in [5.41, 5.74) is 1.59. The van der Waals surface area contributed by atoms with Crippen LogP contribution in [0.1, 0.15) is 64.0 Å². The summed E-state index contributed by atoms with van der Waals surface area (Å²) < 4.78 is 0. The average Bonchev–Trinajstić information content (AvgIpc) is 3.14. The van der Waals surface area contributed by atoms with Gasteiger partial charge in [-0.25, -0.2) is 9.78 Å². The number of carbonyl (C=O) groups is 5. The van der Waals surface area contributed by atoms with Crippen LogP contribution in [0.4, 0.5) is 10.6 Å². The highest BCUT2D eigenvalue weighted by molar-refractivity contribution is 6.31. The number of piperidine rings is 1. The number of anilines is 1. The van der Waals surface area contributed by atoms with E-state index in [1.54, 1.807) is 17.0 Å². The van der Waals surface area contributed by atoms with Gasteiger partial charge in [-0.1, -0.05) is 80.9 Å². The highest BCUT2D eigenvalue weighted by Crippen LogP contribution is 2.20. The standard InChI is InChI=1S/C38H49ClN8O5/c1-38(2,3)25-43-33(48)16-15-31(45-37(52)47-21-17-27(18-22-47)34(49)46-32-24-40-19-20-41-32)36(51)44-30(14-13-26-9-5-4-6-10-26)35(50)42-23-28-11-7-8-12-29(28)39/h4-12,19-20,24,27,30-31H,13-18,21-23,25H2,1-3H3,(H,42,50)(H,43,48)(H,44,51)(H,45,52)(H,41,46,49)/t30-,31-/m0/s1. The van der Waals surface area contributed by atoms with Crippen molar-refractivity contribution in [3.63, 3.8) is 0 Å². The minimum absolute atomic E-state index is 0.0111. The molecule has 278 valence electrons. The van der Waals surface area contributed by atoms with Gasteiger partial charge in [-0.15, -0.1) is 0 Å². The number of halogens is 1. The van der Waals surface area contributed by atoms with Crippen molar-refractivity contribution in [2.45, 2.75) is 77.9 Å². The molecular formula is C38H49ClN8O5. The largest absolute Gasteiger partial charge is 0.356 e. The molecule has 1 aliphatic rings. The number of likely N-dealkylation sites (tertiary alicyclic amines) is 1. The molecule has 0 bridgehead atoms. The maximum absolute atomic E-state index is 13.9. The lowest BCUT2D eigenvalue weighted by molar-refractivity contribution is -0.130. The first-order valence-corrected chi connectivity index (χ1v) is 18.0. The number of urea groups is 1. The van der Waals surface area contributed by atoms with Gasteiger partial charge in [-0.2, -0.15) is 0 Å². The van der Waals surface area contributed by atoms with Crippen molar-refractivity contribution in [1.29, 1.82) is 0 Å². The molecule has 1 aromatic heterocycles. The first kappa shape index (κ1) is 39.7. The van der Waals surface area contributed by atoms with Crippen LogP contribution in [0.25, 0.3) is 0 Å². The number of carbonyl (C=O) groups excluding carboxylic acids is 5. The van der Waals surface area contributed by atoms with Crippen LogP contribution >= 0.6 is 11.6 Å². The summed E-state index contributed by atoms with van der Waals surface area (Å²) in [5.74, 6) is -1.41. The molecule has 1 fully saturated rings. The molecule has 3 aromatic rings. The van der Waals surface area contributed by atoms with Crippen LogP contribution in [0.2, 0.25) is 5.02 Å². The third kappa shape index (κ3) is 13.3. The van der Waals surface area contributed by atoms with Crippen LogP contribution in [0.3, 0.4) is 0 Å². The number of rotatable bonds is 15. The molecule has 14 heteroatoms. The number of nitrogens with one attached hydrogen (secondary N) is 5. The summed E-state index contributed by atoms with van der Waals surface area (Å²) in [6, 6.07) is 14.2. The molecule has 2 aromatic carbocycles. The molecule has 13 nitrogen and oxygen atoms in total. The first-order chi connectivity index (χ1) is 24.9. The fourth-order valence-electron chi connectivity index (χ4n) is 5.62. The molecule has 6 amide bonds. The van der Waals surface area contributed by atoms with E-state index in [2.05, 4.69) is 36.6 Å². The quantitative estimate of drug-likeness (QED) is 0.155. The van der Waals surface area contributed by atoms with Crippen molar-refractivity contribution in [2.24, 2.45) is 11.3 Å². The number of nitrogens with zero attached hydrogens (tertiary/aromatic N) is 3. The second-order valence-corrected chi connectivity index (χ2v) is 14.5. The highest BCUT2D eigenvalue weighted by atomic mass is 35.5. The second-order valence-electron chi connectivity index (χ2n) is 14.1. The molecule has 0 radical (unpaired) electrons.